The number of nitrogens with one attached hydrogen (secondary N) is 1. The van der Waals surface area contributed by atoms with E-state index in [1.165, 1.54) is 40.4 Å². The molecule has 0 saturated carbocycles. The lowest BCUT2D eigenvalue weighted by molar-refractivity contribution is -0.119. The molecule has 1 aromatic heterocycles. The highest BCUT2D eigenvalue weighted by molar-refractivity contribution is 7.18. The van der Waals surface area contributed by atoms with Crippen molar-refractivity contribution in [3.8, 4) is 11.5 Å². The van der Waals surface area contributed by atoms with Gasteiger partial charge in [0.25, 0.3) is 5.91 Å². The second kappa shape index (κ2) is 11.1. The zero-order valence-electron chi connectivity index (χ0n) is 18.2. The van der Waals surface area contributed by atoms with E-state index in [-0.39, 0.29) is 21.0 Å². The molecular formula is C21H23NO9S. The fourth-order valence-electron chi connectivity index (χ4n) is 2.69. The molecule has 0 aliphatic carbocycles. The van der Waals surface area contributed by atoms with Gasteiger partial charge in [0.05, 0.1) is 39.1 Å². The molecule has 1 aromatic carbocycles. The highest BCUT2D eigenvalue weighted by Gasteiger charge is 2.27. The Kier molecular flexibility index (Phi) is 8.59. The van der Waals surface area contributed by atoms with Gasteiger partial charge in [-0.05, 0) is 37.6 Å². The molecule has 11 heteroatoms. The Balaban J connectivity index is 2.13. The van der Waals surface area contributed by atoms with Crippen LogP contribution < -0.4 is 14.8 Å². The van der Waals surface area contributed by atoms with Crippen molar-refractivity contribution >= 4 is 40.2 Å². The Morgan fingerprint density at radius 2 is 1.66 bits per heavy atom. The Morgan fingerprint density at radius 3 is 2.25 bits per heavy atom. The van der Waals surface area contributed by atoms with Crippen LogP contribution in [-0.2, 0) is 19.0 Å². The van der Waals surface area contributed by atoms with E-state index in [2.05, 4.69) is 5.32 Å². The number of esters is 3. The number of thiophene rings is 1. The number of carbonyl (C=O) groups is 4. The van der Waals surface area contributed by atoms with Gasteiger partial charge in [0.15, 0.2) is 18.1 Å². The molecule has 0 unspecified atom stereocenters. The molecule has 0 atom stereocenters. The molecule has 1 amide bonds. The van der Waals surface area contributed by atoms with Crippen LogP contribution in [0.25, 0.3) is 0 Å². The second-order valence-corrected chi connectivity index (χ2v) is 7.19. The molecule has 0 bridgehead atoms. The summed E-state index contributed by atoms with van der Waals surface area (Å²) in [6, 6.07) is 4.47. The number of methoxy groups -OCH3 is 3. The minimum atomic E-state index is -0.755. The number of rotatable bonds is 9. The van der Waals surface area contributed by atoms with E-state index >= 15 is 0 Å². The molecule has 32 heavy (non-hydrogen) atoms. The highest BCUT2D eigenvalue weighted by atomic mass is 32.1. The average molecular weight is 465 g/mol. The Bertz CT molecular complexity index is 1030. The standard InChI is InChI=1S/C21H23NO9S/c1-6-30-14-9-12(7-8-13(14)27-3)19(24)31-10-15(23)22-18-16(20(25)28-4)11(2)17(32-18)21(26)29-5/h7-9H,6,10H2,1-5H3,(H,22,23). The molecule has 1 N–H and O–H groups in total. The van der Waals surface area contributed by atoms with E-state index in [0.29, 0.717) is 23.7 Å². The monoisotopic (exact) mass is 465 g/mol. The van der Waals surface area contributed by atoms with Crippen molar-refractivity contribution in [3.63, 3.8) is 0 Å². The number of carbonyl (C=O) groups excluding carboxylic acids is 4. The first-order valence-corrected chi connectivity index (χ1v) is 10.2. The third-order valence-electron chi connectivity index (χ3n) is 4.19. The van der Waals surface area contributed by atoms with Gasteiger partial charge in [0.2, 0.25) is 0 Å². The van der Waals surface area contributed by atoms with Crippen molar-refractivity contribution in [1.82, 2.24) is 0 Å². The Hall–Kier alpha value is -3.60. The third-order valence-corrected chi connectivity index (χ3v) is 5.38. The molecule has 0 spiro atoms. The van der Waals surface area contributed by atoms with Crippen LogP contribution in [0.15, 0.2) is 18.2 Å². The van der Waals surface area contributed by atoms with Gasteiger partial charge < -0.3 is 29.0 Å². The SMILES string of the molecule is CCOc1cc(C(=O)OCC(=O)Nc2sc(C(=O)OC)c(C)c2C(=O)OC)ccc1OC. The van der Waals surface area contributed by atoms with Crippen LogP contribution in [0.1, 0.15) is 42.9 Å². The van der Waals surface area contributed by atoms with Crippen molar-refractivity contribution in [2.24, 2.45) is 0 Å². The van der Waals surface area contributed by atoms with Crippen LogP contribution in [0.2, 0.25) is 0 Å². The lowest BCUT2D eigenvalue weighted by Crippen LogP contribution is -2.21. The van der Waals surface area contributed by atoms with Crippen molar-refractivity contribution in [2.45, 2.75) is 13.8 Å². The zero-order chi connectivity index (χ0) is 23.8. The van der Waals surface area contributed by atoms with Crippen LogP contribution in [-0.4, -0.2) is 58.4 Å². The molecule has 2 rings (SSSR count). The van der Waals surface area contributed by atoms with Gasteiger partial charge in [-0.2, -0.15) is 0 Å². The summed E-state index contributed by atoms with van der Waals surface area (Å²) in [4.78, 5) is 48.9. The van der Waals surface area contributed by atoms with Crippen LogP contribution >= 0.6 is 11.3 Å². The first-order chi connectivity index (χ1) is 15.3. The van der Waals surface area contributed by atoms with Crippen molar-refractivity contribution in [3.05, 3.63) is 39.8 Å². The van der Waals surface area contributed by atoms with E-state index in [1.54, 1.807) is 13.0 Å². The smallest absolute Gasteiger partial charge is 0.348 e. The number of hydrogen-bond acceptors (Lipinski definition) is 10. The molecule has 0 aliphatic rings. The van der Waals surface area contributed by atoms with E-state index in [9.17, 15) is 19.2 Å². The van der Waals surface area contributed by atoms with Crippen molar-refractivity contribution < 1.29 is 42.9 Å². The van der Waals surface area contributed by atoms with Gasteiger partial charge in [-0.25, -0.2) is 14.4 Å². The summed E-state index contributed by atoms with van der Waals surface area (Å²) >= 11 is 0.855. The fraction of sp³-hybridized carbons (Fsp3) is 0.333. The van der Waals surface area contributed by atoms with Crippen molar-refractivity contribution in [2.75, 3.05) is 39.9 Å². The molecule has 0 saturated heterocycles. The molecular weight excluding hydrogens is 442 g/mol. The summed E-state index contributed by atoms with van der Waals surface area (Å²) in [5.74, 6) is -2.04. The van der Waals surface area contributed by atoms with E-state index in [4.69, 9.17) is 23.7 Å². The second-order valence-electron chi connectivity index (χ2n) is 6.17. The highest BCUT2D eigenvalue weighted by Crippen LogP contribution is 2.34. The largest absolute Gasteiger partial charge is 0.493 e. The minimum Gasteiger partial charge on any atom is -0.493 e. The van der Waals surface area contributed by atoms with Crippen LogP contribution in [0, 0.1) is 6.92 Å². The lowest BCUT2D eigenvalue weighted by Gasteiger charge is -2.11. The molecule has 172 valence electrons. The van der Waals surface area contributed by atoms with Gasteiger partial charge in [0, 0.05) is 0 Å². The van der Waals surface area contributed by atoms with E-state index < -0.39 is 30.4 Å². The number of hydrogen-bond donors (Lipinski definition) is 1. The van der Waals surface area contributed by atoms with Gasteiger partial charge in [-0.15, -0.1) is 11.3 Å². The van der Waals surface area contributed by atoms with E-state index in [0.717, 1.165) is 11.3 Å². The summed E-state index contributed by atoms with van der Waals surface area (Å²) in [5.41, 5.74) is 0.494. The van der Waals surface area contributed by atoms with Gasteiger partial charge in [0.1, 0.15) is 9.88 Å². The van der Waals surface area contributed by atoms with Crippen LogP contribution in [0.5, 0.6) is 11.5 Å². The molecule has 10 nitrogen and oxygen atoms in total. The quantitative estimate of drug-likeness (QED) is 0.439. The number of benzene rings is 1. The summed E-state index contributed by atoms with van der Waals surface area (Å²) < 4.78 is 25.1. The lowest BCUT2D eigenvalue weighted by atomic mass is 10.1. The van der Waals surface area contributed by atoms with Crippen LogP contribution in [0.4, 0.5) is 5.00 Å². The summed E-state index contributed by atoms with van der Waals surface area (Å²) in [7, 11) is 3.85. The maximum atomic E-state index is 12.3. The molecule has 1 heterocycles. The molecule has 0 aliphatic heterocycles. The Morgan fingerprint density at radius 1 is 0.969 bits per heavy atom. The maximum Gasteiger partial charge on any atom is 0.348 e. The predicted octanol–water partition coefficient (Wildman–Crippen LogP) is 2.83. The number of amides is 1. The summed E-state index contributed by atoms with van der Waals surface area (Å²) in [5, 5.41) is 2.55. The molecule has 2 aromatic rings. The Labute approximate surface area is 188 Å². The van der Waals surface area contributed by atoms with Crippen LogP contribution in [0.3, 0.4) is 0 Å². The van der Waals surface area contributed by atoms with Gasteiger partial charge >= 0.3 is 17.9 Å². The minimum absolute atomic E-state index is 0.0223. The summed E-state index contributed by atoms with van der Waals surface area (Å²) in [6.07, 6.45) is 0. The average Bonchev–Trinajstić information content (AvgIpc) is 3.11. The van der Waals surface area contributed by atoms with E-state index in [1.807, 2.05) is 0 Å². The van der Waals surface area contributed by atoms with Crippen molar-refractivity contribution in [1.29, 1.82) is 0 Å². The predicted molar refractivity (Wildman–Crippen MR) is 115 cm³/mol. The molecule has 0 radical (unpaired) electrons. The third kappa shape index (κ3) is 5.55. The first kappa shape index (κ1) is 24.7. The normalized spacial score (nSPS) is 10.2. The zero-order valence-corrected chi connectivity index (χ0v) is 19.0. The topological polar surface area (TPSA) is 126 Å². The van der Waals surface area contributed by atoms with Gasteiger partial charge in [-0.1, -0.05) is 0 Å². The number of anilines is 1. The first-order valence-electron chi connectivity index (χ1n) is 9.35. The molecule has 0 fully saturated rings. The number of ether oxygens (including phenoxy) is 5. The maximum absolute atomic E-state index is 12.3. The fourth-order valence-corrected chi connectivity index (χ4v) is 3.82. The van der Waals surface area contributed by atoms with Gasteiger partial charge in [-0.3, -0.25) is 4.79 Å². The summed E-state index contributed by atoms with van der Waals surface area (Å²) in [6.45, 7) is 3.06.